The minimum atomic E-state index is 0.106. The highest BCUT2D eigenvalue weighted by atomic mass is 35.5. The Hall–Kier alpha value is -1.80. The first kappa shape index (κ1) is 14.2. The van der Waals surface area contributed by atoms with Crippen LogP contribution in [0.1, 0.15) is 27.0 Å². The SMILES string of the molecule is O=C(c1cccc(CCl)c1)N1CCc2ccccc2CC1. The lowest BCUT2D eigenvalue weighted by Gasteiger charge is -2.20. The third kappa shape index (κ3) is 3.11. The van der Waals surface area contributed by atoms with Gasteiger partial charge in [0.15, 0.2) is 0 Å². The Bertz CT molecular complexity index is 626. The number of halogens is 1. The fraction of sp³-hybridized carbons (Fsp3) is 0.278. The largest absolute Gasteiger partial charge is 0.338 e. The molecule has 0 spiro atoms. The molecule has 0 bridgehead atoms. The number of hydrogen-bond donors (Lipinski definition) is 0. The summed E-state index contributed by atoms with van der Waals surface area (Å²) in [6, 6.07) is 16.1. The van der Waals surface area contributed by atoms with Crippen molar-refractivity contribution in [2.24, 2.45) is 0 Å². The molecule has 3 rings (SSSR count). The van der Waals surface area contributed by atoms with Crippen LogP contribution in [0.2, 0.25) is 0 Å². The molecule has 1 aliphatic rings. The predicted molar refractivity (Wildman–Crippen MR) is 85.8 cm³/mol. The standard InChI is InChI=1S/C18H18ClNO/c19-13-14-4-3-7-17(12-14)18(21)20-10-8-15-5-1-2-6-16(15)9-11-20/h1-7,12H,8-11,13H2. The molecule has 2 aromatic rings. The minimum absolute atomic E-state index is 0.106. The van der Waals surface area contributed by atoms with Crippen molar-refractivity contribution < 1.29 is 4.79 Å². The van der Waals surface area contributed by atoms with E-state index in [1.54, 1.807) is 0 Å². The highest BCUT2D eigenvalue weighted by Gasteiger charge is 2.19. The molecular weight excluding hydrogens is 282 g/mol. The summed E-state index contributed by atoms with van der Waals surface area (Å²) in [5.74, 6) is 0.543. The fourth-order valence-corrected chi connectivity index (χ4v) is 3.01. The highest BCUT2D eigenvalue weighted by Crippen LogP contribution is 2.18. The van der Waals surface area contributed by atoms with Crippen LogP contribution in [0.5, 0.6) is 0 Å². The zero-order valence-corrected chi connectivity index (χ0v) is 12.6. The van der Waals surface area contributed by atoms with Crippen molar-refractivity contribution in [3.8, 4) is 0 Å². The molecule has 3 heteroatoms. The molecule has 2 nitrogen and oxygen atoms in total. The van der Waals surface area contributed by atoms with E-state index in [-0.39, 0.29) is 5.91 Å². The number of carbonyl (C=O) groups is 1. The Labute approximate surface area is 130 Å². The normalized spacial score (nSPS) is 14.4. The molecule has 1 amide bonds. The van der Waals surface area contributed by atoms with E-state index in [9.17, 15) is 4.79 Å². The summed E-state index contributed by atoms with van der Waals surface area (Å²) in [5.41, 5.74) is 4.45. The number of alkyl halides is 1. The third-order valence-electron chi connectivity index (χ3n) is 4.04. The molecule has 0 aliphatic carbocycles. The summed E-state index contributed by atoms with van der Waals surface area (Å²) in [6.45, 7) is 1.56. The maximum Gasteiger partial charge on any atom is 0.253 e. The monoisotopic (exact) mass is 299 g/mol. The van der Waals surface area contributed by atoms with Crippen molar-refractivity contribution in [2.75, 3.05) is 13.1 Å². The van der Waals surface area contributed by atoms with E-state index in [0.717, 1.165) is 37.1 Å². The Morgan fingerprint density at radius 1 is 1.00 bits per heavy atom. The summed E-state index contributed by atoms with van der Waals surface area (Å²) < 4.78 is 0. The van der Waals surface area contributed by atoms with Gasteiger partial charge in [-0.05, 0) is 41.7 Å². The zero-order valence-electron chi connectivity index (χ0n) is 11.9. The summed E-state index contributed by atoms with van der Waals surface area (Å²) >= 11 is 5.85. The first-order valence-electron chi connectivity index (χ1n) is 7.29. The Morgan fingerprint density at radius 2 is 1.67 bits per heavy atom. The van der Waals surface area contributed by atoms with Crippen LogP contribution in [0.25, 0.3) is 0 Å². The van der Waals surface area contributed by atoms with Gasteiger partial charge in [0.25, 0.3) is 5.91 Å². The molecule has 0 aromatic heterocycles. The van der Waals surface area contributed by atoms with E-state index in [2.05, 4.69) is 24.3 Å². The quantitative estimate of drug-likeness (QED) is 0.775. The van der Waals surface area contributed by atoms with Gasteiger partial charge >= 0.3 is 0 Å². The van der Waals surface area contributed by atoms with Crippen molar-refractivity contribution in [1.82, 2.24) is 4.90 Å². The zero-order chi connectivity index (χ0) is 14.7. The molecule has 1 heterocycles. The summed E-state index contributed by atoms with van der Waals surface area (Å²) in [7, 11) is 0. The van der Waals surface area contributed by atoms with Gasteiger partial charge in [0.05, 0.1) is 0 Å². The molecule has 0 saturated heterocycles. The molecule has 0 saturated carbocycles. The van der Waals surface area contributed by atoms with Gasteiger partial charge in [-0.15, -0.1) is 11.6 Å². The van der Waals surface area contributed by atoms with Gasteiger partial charge in [0.1, 0.15) is 0 Å². The van der Waals surface area contributed by atoms with Crippen LogP contribution < -0.4 is 0 Å². The number of carbonyl (C=O) groups excluding carboxylic acids is 1. The van der Waals surface area contributed by atoms with E-state index in [1.165, 1.54) is 11.1 Å². The highest BCUT2D eigenvalue weighted by molar-refractivity contribution is 6.17. The van der Waals surface area contributed by atoms with Gasteiger partial charge in [0.2, 0.25) is 0 Å². The maximum atomic E-state index is 12.7. The van der Waals surface area contributed by atoms with Crippen molar-refractivity contribution in [3.05, 3.63) is 70.8 Å². The van der Waals surface area contributed by atoms with Crippen LogP contribution >= 0.6 is 11.6 Å². The molecule has 0 unspecified atom stereocenters. The Morgan fingerprint density at radius 3 is 2.29 bits per heavy atom. The van der Waals surface area contributed by atoms with Gasteiger partial charge < -0.3 is 4.90 Å². The summed E-state index contributed by atoms with van der Waals surface area (Å²) in [6.07, 6.45) is 1.86. The minimum Gasteiger partial charge on any atom is -0.338 e. The molecule has 0 N–H and O–H groups in total. The average Bonchev–Trinajstić information content (AvgIpc) is 2.77. The number of hydrogen-bond acceptors (Lipinski definition) is 1. The van der Waals surface area contributed by atoms with Gasteiger partial charge in [-0.3, -0.25) is 4.79 Å². The van der Waals surface area contributed by atoms with Gasteiger partial charge in [0, 0.05) is 24.5 Å². The second kappa shape index (κ2) is 6.31. The van der Waals surface area contributed by atoms with Crippen LogP contribution in [-0.2, 0) is 18.7 Å². The topological polar surface area (TPSA) is 20.3 Å². The Balaban J connectivity index is 1.77. The van der Waals surface area contributed by atoms with Crippen LogP contribution in [-0.4, -0.2) is 23.9 Å². The first-order valence-corrected chi connectivity index (χ1v) is 7.82. The van der Waals surface area contributed by atoms with Crippen LogP contribution in [0, 0.1) is 0 Å². The summed E-state index contributed by atoms with van der Waals surface area (Å²) in [4.78, 5) is 14.6. The summed E-state index contributed by atoms with van der Waals surface area (Å²) in [5, 5.41) is 0. The molecule has 0 atom stereocenters. The molecule has 2 aromatic carbocycles. The smallest absolute Gasteiger partial charge is 0.253 e. The molecule has 108 valence electrons. The van der Waals surface area contributed by atoms with E-state index in [1.807, 2.05) is 29.2 Å². The number of amides is 1. The van der Waals surface area contributed by atoms with Crippen molar-refractivity contribution in [1.29, 1.82) is 0 Å². The maximum absolute atomic E-state index is 12.7. The van der Waals surface area contributed by atoms with Gasteiger partial charge in [-0.2, -0.15) is 0 Å². The number of benzene rings is 2. The second-order valence-electron chi connectivity index (χ2n) is 5.39. The second-order valence-corrected chi connectivity index (χ2v) is 5.66. The van der Waals surface area contributed by atoms with E-state index in [0.29, 0.717) is 5.88 Å². The lowest BCUT2D eigenvalue weighted by atomic mass is 10.0. The number of rotatable bonds is 2. The first-order chi connectivity index (χ1) is 10.3. The van der Waals surface area contributed by atoms with Crippen LogP contribution in [0.15, 0.2) is 48.5 Å². The van der Waals surface area contributed by atoms with Crippen molar-refractivity contribution in [3.63, 3.8) is 0 Å². The van der Waals surface area contributed by atoms with Gasteiger partial charge in [-0.1, -0.05) is 36.4 Å². The van der Waals surface area contributed by atoms with Crippen LogP contribution in [0.4, 0.5) is 0 Å². The van der Waals surface area contributed by atoms with Crippen molar-refractivity contribution >= 4 is 17.5 Å². The van der Waals surface area contributed by atoms with E-state index >= 15 is 0 Å². The van der Waals surface area contributed by atoms with E-state index < -0.39 is 0 Å². The molecular formula is C18H18ClNO. The third-order valence-corrected chi connectivity index (χ3v) is 4.34. The van der Waals surface area contributed by atoms with E-state index in [4.69, 9.17) is 11.6 Å². The fourth-order valence-electron chi connectivity index (χ4n) is 2.84. The van der Waals surface area contributed by atoms with Crippen molar-refractivity contribution in [2.45, 2.75) is 18.7 Å². The predicted octanol–water partition coefficient (Wildman–Crippen LogP) is 3.67. The van der Waals surface area contributed by atoms with Gasteiger partial charge in [-0.25, -0.2) is 0 Å². The lowest BCUT2D eigenvalue weighted by Crippen LogP contribution is -2.33. The average molecular weight is 300 g/mol. The Kier molecular flexibility index (Phi) is 4.26. The molecule has 1 aliphatic heterocycles. The lowest BCUT2D eigenvalue weighted by molar-refractivity contribution is 0.0763. The molecule has 0 fully saturated rings. The molecule has 0 radical (unpaired) electrons. The van der Waals surface area contributed by atoms with Crippen LogP contribution in [0.3, 0.4) is 0 Å². The number of fused-ring (bicyclic) bond motifs is 1. The number of nitrogens with zero attached hydrogens (tertiary/aromatic N) is 1. The molecule has 21 heavy (non-hydrogen) atoms.